The maximum absolute atomic E-state index is 4.85. The topological polar surface area (TPSA) is 37.8 Å². The predicted octanol–water partition coefficient (Wildman–Crippen LogP) is 4.01. The third-order valence-corrected chi connectivity index (χ3v) is 4.00. The fraction of sp³-hybridized carbons (Fsp3) is 0.412. The third kappa shape index (κ3) is 2.40. The summed E-state index contributed by atoms with van der Waals surface area (Å²) in [5, 5.41) is 3.37. The molecule has 1 heterocycles. The highest BCUT2D eigenvalue weighted by Crippen LogP contribution is 2.46. The lowest BCUT2D eigenvalue weighted by Crippen LogP contribution is -2.07. The summed E-state index contributed by atoms with van der Waals surface area (Å²) in [5.41, 5.74) is 3.36. The van der Waals surface area contributed by atoms with Gasteiger partial charge in [0.2, 0.25) is 0 Å². The molecule has 2 atom stereocenters. The van der Waals surface area contributed by atoms with Crippen LogP contribution in [0.15, 0.2) is 30.3 Å². The number of nitrogens with zero attached hydrogens (tertiary/aromatic N) is 2. The normalized spacial score (nSPS) is 20.8. The minimum atomic E-state index is 0.537. The zero-order valence-electron chi connectivity index (χ0n) is 12.4. The molecule has 20 heavy (non-hydrogen) atoms. The Morgan fingerprint density at radius 2 is 1.90 bits per heavy atom. The molecule has 0 saturated heterocycles. The number of nitrogens with one attached hydrogen (secondary N) is 1. The molecule has 1 N–H and O–H groups in total. The van der Waals surface area contributed by atoms with E-state index in [0.717, 1.165) is 35.4 Å². The molecule has 0 amide bonds. The van der Waals surface area contributed by atoms with E-state index in [2.05, 4.69) is 50.4 Å². The molecule has 1 aromatic heterocycles. The fourth-order valence-electron chi connectivity index (χ4n) is 2.60. The number of hydrogen-bond donors (Lipinski definition) is 1. The molecule has 2 unspecified atom stereocenters. The minimum Gasteiger partial charge on any atom is -0.370 e. The molecule has 1 fully saturated rings. The van der Waals surface area contributed by atoms with Gasteiger partial charge >= 0.3 is 0 Å². The maximum atomic E-state index is 4.85. The highest BCUT2D eigenvalue weighted by Gasteiger charge is 2.37. The van der Waals surface area contributed by atoms with Crippen LogP contribution in [-0.2, 0) is 0 Å². The van der Waals surface area contributed by atoms with Crippen molar-refractivity contribution in [2.45, 2.75) is 33.1 Å². The van der Waals surface area contributed by atoms with Crippen LogP contribution in [0.2, 0.25) is 0 Å². The zero-order chi connectivity index (χ0) is 14.1. The Balaban J connectivity index is 2.09. The largest absolute Gasteiger partial charge is 0.370 e. The molecular weight excluding hydrogens is 246 g/mol. The monoisotopic (exact) mass is 267 g/mol. The van der Waals surface area contributed by atoms with E-state index in [0.29, 0.717) is 5.92 Å². The Bertz CT molecular complexity index is 607. The minimum absolute atomic E-state index is 0.537. The van der Waals surface area contributed by atoms with E-state index in [1.54, 1.807) is 0 Å². The van der Waals surface area contributed by atoms with Crippen LogP contribution in [0.4, 0.5) is 5.82 Å². The first-order chi connectivity index (χ1) is 9.70. The van der Waals surface area contributed by atoms with E-state index in [1.165, 1.54) is 12.0 Å². The molecule has 104 valence electrons. The van der Waals surface area contributed by atoms with E-state index in [-0.39, 0.29) is 0 Å². The van der Waals surface area contributed by atoms with E-state index in [1.807, 2.05) is 6.07 Å². The van der Waals surface area contributed by atoms with Gasteiger partial charge < -0.3 is 5.32 Å². The van der Waals surface area contributed by atoms with Crippen molar-refractivity contribution in [3.8, 4) is 11.3 Å². The Morgan fingerprint density at radius 1 is 1.20 bits per heavy atom. The Labute approximate surface area is 120 Å². The van der Waals surface area contributed by atoms with Crippen molar-refractivity contribution in [3.05, 3.63) is 41.7 Å². The summed E-state index contributed by atoms with van der Waals surface area (Å²) >= 11 is 0. The molecule has 3 rings (SSSR count). The molecule has 0 aliphatic heterocycles. The molecule has 2 aromatic rings. The van der Waals surface area contributed by atoms with Gasteiger partial charge in [-0.2, -0.15) is 0 Å². The summed E-state index contributed by atoms with van der Waals surface area (Å²) in [6.07, 6.45) is 1.21. The molecular formula is C17H21N3. The Hall–Kier alpha value is -1.90. The second-order valence-corrected chi connectivity index (χ2v) is 5.62. The van der Waals surface area contributed by atoms with E-state index in [4.69, 9.17) is 9.97 Å². The molecule has 0 bridgehead atoms. The molecule has 0 spiro atoms. The van der Waals surface area contributed by atoms with Crippen molar-refractivity contribution < 1.29 is 0 Å². The summed E-state index contributed by atoms with van der Waals surface area (Å²) < 4.78 is 0. The molecule has 0 radical (unpaired) electrons. The van der Waals surface area contributed by atoms with Crippen LogP contribution >= 0.6 is 0 Å². The van der Waals surface area contributed by atoms with Crippen LogP contribution in [-0.4, -0.2) is 16.5 Å². The Morgan fingerprint density at radius 3 is 2.50 bits per heavy atom. The summed E-state index contributed by atoms with van der Waals surface area (Å²) in [7, 11) is 0. The van der Waals surface area contributed by atoms with Gasteiger partial charge in [-0.3, -0.25) is 0 Å². The average Bonchev–Trinajstić information content (AvgIpc) is 3.19. The van der Waals surface area contributed by atoms with Gasteiger partial charge in [0.05, 0.1) is 5.69 Å². The first-order valence-electron chi connectivity index (χ1n) is 7.38. The van der Waals surface area contributed by atoms with Crippen LogP contribution in [0, 0.1) is 12.8 Å². The van der Waals surface area contributed by atoms with Crippen LogP contribution in [0.1, 0.15) is 37.6 Å². The maximum Gasteiger partial charge on any atom is 0.134 e. The quantitative estimate of drug-likeness (QED) is 0.909. The first kappa shape index (κ1) is 13.1. The second kappa shape index (κ2) is 5.23. The second-order valence-electron chi connectivity index (χ2n) is 5.62. The van der Waals surface area contributed by atoms with Crippen molar-refractivity contribution in [2.75, 3.05) is 11.9 Å². The lowest BCUT2D eigenvalue weighted by molar-refractivity contribution is 0.840. The number of benzene rings is 1. The molecule has 3 heteroatoms. The number of aromatic nitrogens is 2. The van der Waals surface area contributed by atoms with E-state index >= 15 is 0 Å². The summed E-state index contributed by atoms with van der Waals surface area (Å²) in [6.45, 7) is 7.35. The highest BCUT2D eigenvalue weighted by atomic mass is 15.0. The van der Waals surface area contributed by atoms with Crippen LogP contribution < -0.4 is 5.32 Å². The standard InChI is InChI=1S/C17H21N3/c1-4-18-16-12(3)15(13-8-6-5-7-9-13)19-17(20-16)14-10-11(14)2/h5-9,11,14H,4,10H2,1-3H3,(H,18,19,20). The van der Waals surface area contributed by atoms with E-state index in [9.17, 15) is 0 Å². The summed E-state index contributed by atoms with van der Waals surface area (Å²) in [5.74, 6) is 3.24. The molecule has 3 nitrogen and oxygen atoms in total. The summed E-state index contributed by atoms with van der Waals surface area (Å²) in [6, 6.07) is 10.4. The lowest BCUT2D eigenvalue weighted by atomic mass is 10.1. The van der Waals surface area contributed by atoms with Crippen molar-refractivity contribution in [1.82, 2.24) is 9.97 Å². The van der Waals surface area contributed by atoms with E-state index < -0.39 is 0 Å². The summed E-state index contributed by atoms with van der Waals surface area (Å²) in [4.78, 5) is 9.59. The van der Waals surface area contributed by atoms with Gasteiger partial charge in [-0.15, -0.1) is 0 Å². The Kier molecular flexibility index (Phi) is 3.43. The first-order valence-corrected chi connectivity index (χ1v) is 7.38. The highest BCUT2D eigenvalue weighted by molar-refractivity contribution is 5.68. The average molecular weight is 267 g/mol. The molecule has 1 aliphatic carbocycles. The third-order valence-electron chi connectivity index (χ3n) is 4.00. The van der Waals surface area contributed by atoms with Crippen molar-refractivity contribution >= 4 is 5.82 Å². The molecule has 1 saturated carbocycles. The van der Waals surface area contributed by atoms with Gasteiger partial charge in [-0.05, 0) is 26.2 Å². The van der Waals surface area contributed by atoms with Crippen molar-refractivity contribution in [3.63, 3.8) is 0 Å². The van der Waals surface area contributed by atoms with Gasteiger partial charge in [0.25, 0.3) is 0 Å². The van der Waals surface area contributed by atoms with Gasteiger partial charge in [0.1, 0.15) is 11.6 Å². The van der Waals surface area contributed by atoms with Gasteiger partial charge in [0.15, 0.2) is 0 Å². The number of anilines is 1. The molecule has 1 aliphatic rings. The molecule has 1 aromatic carbocycles. The van der Waals surface area contributed by atoms with Crippen molar-refractivity contribution in [1.29, 1.82) is 0 Å². The van der Waals surface area contributed by atoms with Crippen molar-refractivity contribution in [2.24, 2.45) is 5.92 Å². The lowest BCUT2D eigenvalue weighted by Gasteiger charge is -2.13. The SMILES string of the molecule is CCNc1nc(C2CC2C)nc(-c2ccccc2)c1C. The number of rotatable bonds is 4. The van der Waals surface area contributed by atoms with Gasteiger partial charge in [0, 0.05) is 23.6 Å². The zero-order valence-corrected chi connectivity index (χ0v) is 12.4. The predicted molar refractivity (Wildman–Crippen MR) is 82.9 cm³/mol. The smallest absolute Gasteiger partial charge is 0.134 e. The van der Waals surface area contributed by atoms with Crippen LogP contribution in [0.3, 0.4) is 0 Å². The van der Waals surface area contributed by atoms with Crippen LogP contribution in [0.5, 0.6) is 0 Å². The number of hydrogen-bond acceptors (Lipinski definition) is 3. The fourth-order valence-corrected chi connectivity index (χ4v) is 2.60. The van der Waals surface area contributed by atoms with Crippen LogP contribution in [0.25, 0.3) is 11.3 Å². The van der Waals surface area contributed by atoms with Gasteiger partial charge in [-0.25, -0.2) is 9.97 Å². The van der Waals surface area contributed by atoms with Gasteiger partial charge in [-0.1, -0.05) is 37.3 Å².